The van der Waals surface area contributed by atoms with Gasteiger partial charge in [-0.15, -0.1) is 0 Å². The van der Waals surface area contributed by atoms with Crippen molar-refractivity contribution in [1.29, 1.82) is 0 Å². The second-order valence-electron chi connectivity index (χ2n) is 4.52. The zero-order valence-corrected chi connectivity index (χ0v) is 11.8. The van der Waals surface area contributed by atoms with Crippen LogP contribution in [0.5, 0.6) is 11.5 Å². The highest BCUT2D eigenvalue weighted by Gasteiger charge is 2.19. The standard InChI is InChI=1S/C15H24O3/c1-5-11(6-2)10-13(16)12-8-7-9-14(17-3)15(12)18-4/h7-9,11,13,16H,5-6,10H2,1-4H3. The van der Waals surface area contributed by atoms with Gasteiger partial charge in [0.1, 0.15) is 0 Å². The summed E-state index contributed by atoms with van der Waals surface area (Å²) in [5.41, 5.74) is 0.809. The van der Waals surface area contributed by atoms with Crippen molar-refractivity contribution >= 4 is 0 Å². The predicted molar refractivity (Wildman–Crippen MR) is 73.2 cm³/mol. The van der Waals surface area contributed by atoms with E-state index in [0.717, 1.165) is 24.8 Å². The molecule has 0 bridgehead atoms. The van der Waals surface area contributed by atoms with E-state index in [-0.39, 0.29) is 0 Å². The van der Waals surface area contributed by atoms with E-state index in [1.54, 1.807) is 14.2 Å². The SMILES string of the molecule is CCC(CC)CC(O)c1cccc(OC)c1OC. The zero-order chi connectivity index (χ0) is 13.5. The van der Waals surface area contributed by atoms with Gasteiger partial charge in [0, 0.05) is 5.56 Å². The first-order valence-electron chi connectivity index (χ1n) is 6.56. The summed E-state index contributed by atoms with van der Waals surface area (Å²) in [6.07, 6.45) is 2.43. The summed E-state index contributed by atoms with van der Waals surface area (Å²) in [7, 11) is 3.21. The molecule has 0 aliphatic carbocycles. The van der Waals surface area contributed by atoms with E-state index in [9.17, 15) is 5.11 Å². The molecule has 1 aromatic rings. The Morgan fingerprint density at radius 2 is 1.78 bits per heavy atom. The van der Waals surface area contributed by atoms with Gasteiger partial charge in [-0.2, -0.15) is 0 Å². The first-order valence-corrected chi connectivity index (χ1v) is 6.56. The topological polar surface area (TPSA) is 38.7 Å². The van der Waals surface area contributed by atoms with Gasteiger partial charge in [0.05, 0.1) is 20.3 Å². The van der Waals surface area contributed by atoms with Crippen LogP contribution in [0.3, 0.4) is 0 Å². The van der Waals surface area contributed by atoms with Crippen LogP contribution < -0.4 is 9.47 Å². The van der Waals surface area contributed by atoms with Crippen LogP contribution >= 0.6 is 0 Å². The van der Waals surface area contributed by atoms with Crippen LogP contribution in [-0.4, -0.2) is 19.3 Å². The van der Waals surface area contributed by atoms with Crippen molar-refractivity contribution in [3.63, 3.8) is 0 Å². The maximum absolute atomic E-state index is 10.3. The van der Waals surface area contributed by atoms with Crippen LogP contribution in [-0.2, 0) is 0 Å². The fourth-order valence-corrected chi connectivity index (χ4v) is 2.24. The normalized spacial score (nSPS) is 12.6. The third kappa shape index (κ3) is 3.39. The Balaban J connectivity index is 2.94. The molecule has 0 amide bonds. The highest BCUT2D eigenvalue weighted by atomic mass is 16.5. The molecule has 0 fully saturated rings. The molecule has 3 nitrogen and oxygen atoms in total. The van der Waals surface area contributed by atoms with Gasteiger partial charge in [-0.1, -0.05) is 38.8 Å². The molecular formula is C15H24O3. The molecule has 1 unspecified atom stereocenters. The molecule has 1 aromatic carbocycles. The van der Waals surface area contributed by atoms with Crippen LogP contribution in [0.25, 0.3) is 0 Å². The highest BCUT2D eigenvalue weighted by molar-refractivity contribution is 5.47. The van der Waals surface area contributed by atoms with Crippen LogP contribution in [0.1, 0.15) is 44.8 Å². The van der Waals surface area contributed by atoms with Crippen LogP contribution in [0, 0.1) is 5.92 Å². The molecule has 18 heavy (non-hydrogen) atoms. The van der Waals surface area contributed by atoms with Crippen molar-refractivity contribution in [1.82, 2.24) is 0 Å². The van der Waals surface area contributed by atoms with Crippen molar-refractivity contribution in [3.05, 3.63) is 23.8 Å². The summed E-state index contributed by atoms with van der Waals surface area (Å²) in [4.78, 5) is 0. The average molecular weight is 252 g/mol. The van der Waals surface area contributed by atoms with E-state index in [2.05, 4.69) is 13.8 Å². The van der Waals surface area contributed by atoms with Gasteiger partial charge in [-0.3, -0.25) is 0 Å². The van der Waals surface area contributed by atoms with E-state index in [4.69, 9.17) is 9.47 Å². The largest absolute Gasteiger partial charge is 0.493 e. The fraction of sp³-hybridized carbons (Fsp3) is 0.600. The van der Waals surface area contributed by atoms with Crippen molar-refractivity contribution in [3.8, 4) is 11.5 Å². The zero-order valence-electron chi connectivity index (χ0n) is 11.8. The maximum Gasteiger partial charge on any atom is 0.166 e. The highest BCUT2D eigenvalue weighted by Crippen LogP contribution is 2.37. The Bertz CT molecular complexity index is 359. The number of methoxy groups -OCH3 is 2. The minimum absolute atomic E-state index is 0.500. The molecule has 0 aliphatic rings. The quantitative estimate of drug-likeness (QED) is 0.806. The smallest absolute Gasteiger partial charge is 0.166 e. The van der Waals surface area contributed by atoms with E-state index in [1.165, 1.54) is 0 Å². The Kier molecular flexibility index (Phi) is 5.99. The lowest BCUT2D eigenvalue weighted by atomic mass is 9.92. The predicted octanol–water partition coefficient (Wildman–Crippen LogP) is 3.56. The van der Waals surface area contributed by atoms with Gasteiger partial charge in [-0.05, 0) is 18.4 Å². The lowest BCUT2D eigenvalue weighted by Crippen LogP contribution is -2.08. The molecule has 0 heterocycles. The van der Waals surface area contributed by atoms with Crippen LogP contribution in [0.4, 0.5) is 0 Å². The Morgan fingerprint density at radius 1 is 1.11 bits per heavy atom. The summed E-state index contributed by atoms with van der Waals surface area (Å²) < 4.78 is 10.6. The van der Waals surface area contributed by atoms with Crippen LogP contribution in [0.15, 0.2) is 18.2 Å². The van der Waals surface area contributed by atoms with Crippen molar-refractivity contribution in [2.24, 2.45) is 5.92 Å². The number of aliphatic hydroxyl groups is 1. The maximum atomic E-state index is 10.3. The average Bonchev–Trinajstić information content (AvgIpc) is 2.43. The summed E-state index contributed by atoms with van der Waals surface area (Å²) in [6, 6.07) is 5.62. The van der Waals surface area contributed by atoms with Gasteiger partial charge in [0.25, 0.3) is 0 Å². The van der Waals surface area contributed by atoms with E-state index in [1.807, 2.05) is 18.2 Å². The number of para-hydroxylation sites is 1. The third-order valence-corrected chi connectivity index (χ3v) is 3.50. The van der Waals surface area contributed by atoms with E-state index in [0.29, 0.717) is 17.4 Å². The van der Waals surface area contributed by atoms with E-state index < -0.39 is 6.10 Å². The molecule has 0 saturated carbocycles. The van der Waals surface area contributed by atoms with Crippen molar-refractivity contribution in [2.75, 3.05) is 14.2 Å². The lowest BCUT2D eigenvalue weighted by molar-refractivity contribution is 0.137. The molecule has 0 aliphatic heterocycles. The molecule has 102 valence electrons. The molecule has 1 rings (SSSR count). The van der Waals surface area contributed by atoms with E-state index >= 15 is 0 Å². The minimum atomic E-state index is -0.500. The summed E-state index contributed by atoms with van der Waals surface area (Å²) >= 11 is 0. The summed E-state index contributed by atoms with van der Waals surface area (Å²) in [5, 5.41) is 10.3. The van der Waals surface area contributed by atoms with Crippen molar-refractivity contribution in [2.45, 2.75) is 39.2 Å². The molecule has 1 atom stereocenters. The van der Waals surface area contributed by atoms with Gasteiger partial charge in [0.15, 0.2) is 11.5 Å². The number of hydrogen-bond acceptors (Lipinski definition) is 3. The molecule has 0 saturated heterocycles. The van der Waals surface area contributed by atoms with Gasteiger partial charge < -0.3 is 14.6 Å². The Hall–Kier alpha value is -1.22. The fourth-order valence-electron chi connectivity index (χ4n) is 2.24. The minimum Gasteiger partial charge on any atom is -0.493 e. The molecule has 3 heteroatoms. The molecule has 0 aromatic heterocycles. The molecule has 0 radical (unpaired) electrons. The van der Waals surface area contributed by atoms with Gasteiger partial charge in [0.2, 0.25) is 0 Å². The van der Waals surface area contributed by atoms with Crippen LogP contribution in [0.2, 0.25) is 0 Å². The molecular weight excluding hydrogens is 228 g/mol. The number of ether oxygens (including phenoxy) is 2. The molecule has 0 spiro atoms. The number of rotatable bonds is 7. The number of aliphatic hydroxyl groups excluding tert-OH is 1. The second-order valence-corrected chi connectivity index (χ2v) is 4.52. The van der Waals surface area contributed by atoms with Gasteiger partial charge in [-0.25, -0.2) is 0 Å². The first-order chi connectivity index (χ1) is 8.67. The number of benzene rings is 1. The number of hydrogen-bond donors (Lipinski definition) is 1. The van der Waals surface area contributed by atoms with Crippen molar-refractivity contribution < 1.29 is 14.6 Å². The Morgan fingerprint density at radius 3 is 2.28 bits per heavy atom. The molecule has 1 N–H and O–H groups in total. The summed E-state index contributed by atoms with van der Waals surface area (Å²) in [5.74, 6) is 1.84. The van der Waals surface area contributed by atoms with Gasteiger partial charge >= 0.3 is 0 Å². The Labute approximate surface area is 110 Å². The monoisotopic (exact) mass is 252 g/mol. The third-order valence-electron chi connectivity index (χ3n) is 3.50. The summed E-state index contributed by atoms with van der Waals surface area (Å²) in [6.45, 7) is 4.31. The lowest BCUT2D eigenvalue weighted by Gasteiger charge is -2.20. The first kappa shape index (κ1) is 14.8. The second kappa shape index (κ2) is 7.27.